The molecule has 0 saturated carbocycles. The van der Waals surface area contributed by atoms with Gasteiger partial charge in [-0.3, -0.25) is 4.79 Å². The van der Waals surface area contributed by atoms with E-state index in [4.69, 9.17) is 38.0 Å². The zero-order valence-corrected chi connectivity index (χ0v) is 25.5. The van der Waals surface area contributed by atoms with Crippen molar-refractivity contribution in [2.75, 3.05) is 10.6 Å². The van der Waals surface area contributed by atoms with Crippen LogP contribution < -0.4 is 15.4 Å². The highest BCUT2D eigenvalue weighted by molar-refractivity contribution is 7.98. The van der Waals surface area contributed by atoms with E-state index >= 15 is 0 Å². The van der Waals surface area contributed by atoms with Gasteiger partial charge in [-0.1, -0.05) is 102 Å². The van der Waals surface area contributed by atoms with Crippen LogP contribution in [0.15, 0.2) is 120 Å². The Kier molecular flexibility index (Phi) is 8.69. The fraction of sp³-hybridized carbons (Fsp3) is 0.121. The van der Waals surface area contributed by atoms with E-state index in [1.165, 1.54) is 11.8 Å². The van der Waals surface area contributed by atoms with Gasteiger partial charge in [0.15, 0.2) is 0 Å². The quantitative estimate of drug-likeness (QED) is 0.160. The lowest BCUT2D eigenvalue weighted by Crippen LogP contribution is -2.31. The molecule has 0 fully saturated rings. The van der Waals surface area contributed by atoms with Crippen molar-refractivity contribution in [3.8, 4) is 5.75 Å². The van der Waals surface area contributed by atoms with Gasteiger partial charge in [-0.2, -0.15) is 4.98 Å². The largest absolute Gasteiger partial charge is 0.489 e. The number of thioether (sulfide) groups is 1. The van der Waals surface area contributed by atoms with Crippen molar-refractivity contribution in [1.29, 1.82) is 0 Å². The Bertz CT molecular complexity index is 1810. The molecular formula is C33H27Cl2N5O2S. The molecule has 2 heterocycles. The number of nitrogens with one attached hydrogen (secondary N) is 2. The van der Waals surface area contributed by atoms with Crippen LogP contribution >= 0.6 is 35.0 Å². The van der Waals surface area contributed by atoms with E-state index in [0.717, 1.165) is 16.7 Å². The summed E-state index contributed by atoms with van der Waals surface area (Å²) in [5, 5.41) is 13.1. The number of benzene rings is 4. The van der Waals surface area contributed by atoms with Crippen LogP contribution in [0.5, 0.6) is 5.75 Å². The fourth-order valence-electron chi connectivity index (χ4n) is 4.82. The predicted molar refractivity (Wildman–Crippen MR) is 173 cm³/mol. The molecule has 1 aliphatic heterocycles. The molecule has 0 aliphatic carbocycles. The summed E-state index contributed by atoms with van der Waals surface area (Å²) in [6.45, 7) is 2.18. The third-order valence-electron chi connectivity index (χ3n) is 6.95. The van der Waals surface area contributed by atoms with E-state index in [1.807, 2.05) is 110 Å². The molecule has 1 aliphatic rings. The summed E-state index contributed by atoms with van der Waals surface area (Å²) in [5.74, 6) is 1.55. The molecule has 43 heavy (non-hydrogen) atoms. The first-order valence-corrected chi connectivity index (χ1v) is 15.3. The number of ether oxygens (including phenoxy) is 1. The normalized spacial score (nSPS) is 14.2. The molecule has 1 unspecified atom stereocenters. The topological polar surface area (TPSA) is 81.1 Å². The summed E-state index contributed by atoms with van der Waals surface area (Å²) in [6.07, 6.45) is 0. The van der Waals surface area contributed by atoms with Gasteiger partial charge in [0.25, 0.3) is 5.91 Å². The van der Waals surface area contributed by atoms with Crippen molar-refractivity contribution in [2.45, 2.75) is 30.5 Å². The van der Waals surface area contributed by atoms with E-state index in [1.54, 1.807) is 4.68 Å². The van der Waals surface area contributed by atoms with Crippen LogP contribution in [0.25, 0.3) is 0 Å². The molecule has 0 spiro atoms. The van der Waals surface area contributed by atoms with Gasteiger partial charge in [-0.25, -0.2) is 4.68 Å². The number of halogens is 2. The predicted octanol–water partition coefficient (Wildman–Crippen LogP) is 8.38. The van der Waals surface area contributed by atoms with Crippen molar-refractivity contribution >= 4 is 52.5 Å². The molecular weight excluding hydrogens is 601 g/mol. The van der Waals surface area contributed by atoms with Crippen LogP contribution in [-0.4, -0.2) is 20.7 Å². The number of nitrogens with zero attached hydrogens (tertiary/aromatic N) is 3. The standard InChI is InChI=1S/C33H27Cl2N5O2S/c1-21-29(31(41)37-25-13-3-2-4-14-25)30(22-12-9-15-26(18-22)42-19-23-10-5-7-16-27(23)34)40-32(36-21)38-33(39-40)43-20-24-11-6-8-17-28(24)35/h2-18,30H,19-20H2,1H3,(H,37,41)(H,36,38,39). The van der Waals surface area contributed by atoms with Crippen molar-refractivity contribution in [1.82, 2.24) is 14.8 Å². The van der Waals surface area contributed by atoms with Crippen LogP contribution in [0.1, 0.15) is 29.7 Å². The maximum atomic E-state index is 13.8. The Hall–Kier alpha value is -4.24. The highest BCUT2D eigenvalue weighted by Crippen LogP contribution is 2.38. The Labute approximate surface area is 263 Å². The monoisotopic (exact) mass is 627 g/mol. The van der Waals surface area contributed by atoms with Crippen LogP contribution in [-0.2, 0) is 17.2 Å². The second-order valence-corrected chi connectivity index (χ2v) is 11.6. The average molecular weight is 629 g/mol. The van der Waals surface area contributed by atoms with Gasteiger partial charge < -0.3 is 15.4 Å². The van der Waals surface area contributed by atoms with Crippen molar-refractivity contribution in [3.05, 3.63) is 141 Å². The number of carbonyl (C=O) groups is 1. The number of para-hydroxylation sites is 1. The Morgan fingerprint density at radius 2 is 1.63 bits per heavy atom. The molecule has 7 nitrogen and oxygen atoms in total. The maximum Gasteiger partial charge on any atom is 0.255 e. The fourth-order valence-corrected chi connectivity index (χ4v) is 6.13. The van der Waals surface area contributed by atoms with Gasteiger partial charge in [0.2, 0.25) is 11.1 Å². The Balaban J connectivity index is 1.33. The van der Waals surface area contributed by atoms with Crippen LogP contribution in [0.3, 0.4) is 0 Å². The number of hydrogen-bond donors (Lipinski definition) is 2. The molecule has 1 aromatic heterocycles. The molecule has 1 atom stereocenters. The van der Waals surface area contributed by atoms with Gasteiger partial charge in [-0.05, 0) is 54.4 Å². The summed E-state index contributed by atoms with van der Waals surface area (Å²) in [6, 6.07) is 31.8. The lowest BCUT2D eigenvalue weighted by Gasteiger charge is -2.29. The molecule has 6 rings (SSSR count). The first kappa shape index (κ1) is 28.9. The second-order valence-electron chi connectivity index (χ2n) is 9.88. The lowest BCUT2D eigenvalue weighted by molar-refractivity contribution is -0.113. The third kappa shape index (κ3) is 6.57. The number of amides is 1. The molecule has 5 aromatic rings. The second kappa shape index (κ2) is 13.0. The number of carbonyl (C=O) groups excluding carboxylic acids is 1. The first-order chi connectivity index (χ1) is 21.0. The summed E-state index contributed by atoms with van der Waals surface area (Å²) in [4.78, 5) is 18.6. The van der Waals surface area contributed by atoms with E-state index in [2.05, 4.69) is 10.6 Å². The molecule has 1 amide bonds. The van der Waals surface area contributed by atoms with Crippen molar-refractivity contribution in [3.63, 3.8) is 0 Å². The van der Waals surface area contributed by atoms with E-state index in [0.29, 0.717) is 56.2 Å². The lowest BCUT2D eigenvalue weighted by atomic mass is 9.95. The van der Waals surface area contributed by atoms with Crippen molar-refractivity contribution in [2.24, 2.45) is 0 Å². The highest BCUT2D eigenvalue weighted by Gasteiger charge is 2.34. The zero-order chi connectivity index (χ0) is 29.8. The van der Waals surface area contributed by atoms with Gasteiger partial charge >= 0.3 is 0 Å². The Morgan fingerprint density at radius 3 is 2.37 bits per heavy atom. The maximum absolute atomic E-state index is 13.8. The van der Waals surface area contributed by atoms with Gasteiger partial charge in [-0.15, -0.1) is 5.10 Å². The Morgan fingerprint density at radius 1 is 0.930 bits per heavy atom. The number of aromatic nitrogens is 3. The number of allylic oxidation sites excluding steroid dienone is 1. The minimum atomic E-state index is -0.564. The minimum Gasteiger partial charge on any atom is -0.489 e. The number of rotatable bonds is 9. The number of fused-ring (bicyclic) bond motifs is 1. The first-order valence-electron chi connectivity index (χ1n) is 13.6. The van der Waals surface area contributed by atoms with E-state index in [9.17, 15) is 4.79 Å². The molecule has 0 radical (unpaired) electrons. The summed E-state index contributed by atoms with van der Waals surface area (Å²) < 4.78 is 7.89. The van der Waals surface area contributed by atoms with Crippen LogP contribution in [0.4, 0.5) is 11.6 Å². The third-order valence-corrected chi connectivity index (χ3v) is 8.57. The van der Waals surface area contributed by atoms with Crippen LogP contribution in [0.2, 0.25) is 10.0 Å². The van der Waals surface area contributed by atoms with Crippen molar-refractivity contribution < 1.29 is 9.53 Å². The van der Waals surface area contributed by atoms with Crippen LogP contribution in [0, 0.1) is 0 Å². The molecule has 0 bridgehead atoms. The molecule has 0 saturated heterocycles. The number of hydrogen-bond acceptors (Lipinski definition) is 6. The SMILES string of the molecule is CC1=C(C(=O)Nc2ccccc2)C(c2cccc(OCc3ccccc3Cl)c2)n2nc(SCc3ccccc3Cl)nc2N1. The summed E-state index contributed by atoms with van der Waals surface area (Å²) in [7, 11) is 0. The average Bonchev–Trinajstić information content (AvgIpc) is 3.42. The van der Waals surface area contributed by atoms with Gasteiger partial charge in [0, 0.05) is 32.7 Å². The van der Waals surface area contributed by atoms with Gasteiger partial charge in [0.1, 0.15) is 18.4 Å². The van der Waals surface area contributed by atoms with E-state index < -0.39 is 6.04 Å². The zero-order valence-electron chi connectivity index (χ0n) is 23.1. The minimum absolute atomic E-state index is 0.241. The van der Waals surface area contributed by atoms with Gasteiger partial charge in [0.05, 0.1) is 5.57 Å². The highest BCUT2D eigenvalue weighted by atomic mass is 35.5. The molecule has 216 valence electrons. The smallest absolute Gasteiger partial charge is 0.255 e. The number of anilines is 2. The summed E-state index contributed by atoms with van der Waals surface area (Å²) in [5.41, 5.74) is 4.60. The summed E-state index contributed by atoms with van der Waals surface area (Å²) >= 11 is 14.2. The molecule has 2 N–H and O–H groups in total. The van der Waals surface area contributed by atoms with E-state index in [-0.39, 0.29) is 5.91 Å². The molecule has 10 heteroatoms. The molecule has 4 aromatic carbocycles.